The van der Waals surface area contributed by atoms with Crippen LogP contribution in [0, 0.1) is 15.9 Å². The third-order valence-electron chi connectivity index (χ3n) is 4.46. The number of hydrogen-bond acceptors (Lipinski definition) is 4. The zero-order valence-corrected chi connectivity index (χ0v) is 13.2. The molecule has 0 radical (unpaired) electrons. The van der Waals surface area contributed by atoms with Crippen molar-refractivity contribution in [1.29, 1.82) is 0 Å². The van der Waals surface area contributed by atoms with Crippen LogP contribution in [0.1, 0.15) is 36.4 Å². The third-order valence-corrected chi connectivity index (χ3v) is 4.46. The lowest BCUT2D eigenvalue weighted by molar-refractivity contribution is -0.385. The lowest BCUT2D eigenvalue weighted by Crippen LogP contribution is -2.34. The van der Waals surface area contributed by atoms with Crippen molar-refractivity contribution in [3.8, 4) is 5.75 Å². The van der Waals surface area contributed by atoms with Gasteiger partial charge in [-0.2, -0.15) is 0 Å². The summed E-state index contributed by atoms with van der Waals surface area (Å²) in [7, 11) is 0. The number of hydrogen-bond donors (Lipinski definition) is 1. The average molecular weight is 330 g/mol. The van der Waals surface area contributed by atoms with Crippen LogP contribution < -0.4 is 0 Å². The number of likely N-dealkylation sites (tertiary alicyclic amines) is 1. The first-order valence-corrected chi connectivity index (χ1v) is 8.03. The first-order chi connectivity index (χ1) is 11.6. The summed E-state index contributed by atoms with van der Waals surface area (Å²) in [6.07, 6.45) is 3.22. The summed E-state index contributed by atoms with van der Waals surface area (Å²) in [4.78, 5) is 12.8. The van der Waals surface area contributed by atoms with E-state index in [-0.39, 0.29) is 23.3 Å². The Labute approximate surface area is 139 Å². The Hall–Kier alpha value is -2.47. The second-order valence-electron chi connectivity index (χ2n) is 6.05. The van der Waals surface area contributed by atoms with Crippen LogP contribution in [0.15, 0.2) is 42.5 Å². The van der Waals surface area contributed by atoms with Gasteiger partial charge in [-0.25, -0.2) is 4.39 Å². The number of nitro groups is 1. The number of nitrogens with zero attached hydrogens (tertiary/aromatic N) is 2. The number of non-ortho nitro benzene ring substituents is 1. The number of nitro benzene ring substituents is 1. The maximum atomic E-state index is 13.3. The number of phenols is 1. The number of phenolic OH excluding ortho intramolecular Hbond substituents is 1. The molecule has 1 aliphatic rings. The van der Waals surface area contributed by atoms with Gasteiger partial charge in [-0.15, -0.1) is 0 Å². The van der Waals surface area contributed by atoms with E-state index in [0.29, 0.717) is 5.56 Å². The van der Waals surface area contributed by atoms with Crippen LogP contribution in [0.25, 0.3) is 0 Å². The highest BCUT2D eigenvalue weighted by molar-refractivity contribution is 5.48. The molecule has 5 nitrogen and oxygen atoms in total. The Morgan fingerprint density at radius 3 is 2.38 bits per heavy atom. The first kappa shape index (κ1) is 16.4. The standard InChI is InChI=1S/C18H19FN2O3/c19-14-6-4-13(5-7-14)18(20-10-2-1-3-11-20)16-12-15(21(23)24)8-9-17(16)22/h4-9,12,18,22H,1-3,10-11H2. The predicted molar refractivity (Wildman–Crippen MR) is 88.4 cm³/mol. The molecule has 0 saturated carbocycles. The fourth-order valence-electron chi connectivity index (χ4n) is 3.28. The lowest BCUT2D eigenvalue weighted by atomic mass is 9.94. The van der Waals surface area contributed by atoms with Crippen LogP contribution in [-0.2, 0) is 0 Å². The molecule has 0 spiro atoms. The first-order valence-electron chi connectivity index (χ1n) is 8.03. The van der Waals surface area contributed by atoms with Gasteiger partial charge in [0.15, 0.2) is 0 Å². The van der Waals surface area contributed by atoms with Crippen LogP contribution in [-0.4, -0.2) is 28.0 Å². The van der Waals surface area contributed by atoms with E-state index in [2.05, 4.69) is 4.90 Å². The summed E-state index contributed by atoms with van der Waals surface area (Å²) in [5.74, 6) is -0.320. The molecule has 24 heavy (non-hydrogen) atoms. The number of piperidine rings is 1. The van der Waals surface area contributed by atoms with Gasteiger partial charge in [-0.05, 0) is 49.7 Å². The van der Waals surface area contributed by atoms with Crippen molar-refractivity contribution >= 4 is 5.69 Å². The zero-order valence-electron chi connectivity index (χ0n) is 13.2. The molecule has 0 aromatic heterocycles. The SMILES string of the molecule is O=[N+]([O-])c1ccc(O)c(C(c2ccc(F)cc2)N2CCCCC2)c1. The van der Waals surface area contributed by atoms with Crippen molar-refractivity contribution in [1.82, 2.24) is 4.90 Å². The summed E-state index contributed by atoms with van der Waals surface area (Å²) < 4.78 is 13.3. The largest absolute Gasteiger partial charge is 0.508 e. The third kappa shape index (κ3) is 3.38. The number of benzene rings is 2. The summed E-state index contributed by atoms with van der Waals surface area (Å²) in [5, 5.41) is 21.4. The molecule has 1 atom stereocenters. The van der Waals surface area contributed by atoms with Crippen LogP contribution in [0.4, 0.5) is 10.1 Å². The van der Waals surface area contributed by atoms with E-state index in [1.807, 2.05) is 0 Å². The summed E-state index contributed by atoms with van der Waals surface area (Å²) in [6, 6.07) is 9.83. The van der Waals surface area contributed by atoms with E-state index in [0.717, 1.165) is 37.9 Å². The highest BCUT2D eigenvalue weighted by Crippen LogP contribution is 2.37. The Kier molecular flexibility index (Phi) is 4.76. The topological polar surface area (TPSA) is 66.6 Å². The fourth-order valence-corrected chi connectivity index (χ4v) is 3.28. The van der Waals surface area contributed by atoms with Crippen LogP contribution in [0.2, 0.25) is 0 Å². The molecule has 0 aliphatic carbocycles. The second-order valence-corrected chi connectivity index (χ2v) is 6.05. The van der Waals surface area contributed by atoms with Crippen LogP contribution >= 0.6 is 0 Å². The maximum absolute atomic E-state index is 13.3. The van der Waals surface area contributed by atoms with E-state index in [1.165, 1.54) is 30.3 Å². The van der Waals surface area contributed by atoms with Gasteiger partial charge in [0.2, 0.25) is 0 Å². The lowest BCUT2D eigenvalue weighted by Gasteiger charge is -2.35. The molecule has 2 aromatic carbocycles. The van der Waals surface area contributed by atoms with Crippen molar-refractivity contribution in [2.45, 2.75) is 25.3 Å². The molecule has 1 N–H and O–H groups in total. The molecule has 126 valence electrons. The van der Waals surface area contributed by atoms with E-state index in [9.17, 15) is 19.6 Å². The number of halogens is 1. The minimum Gasteiger partial charge on any atom is -0.508 e. The van der Waals surface area contributed by atoms with Crippen LogP contribution in [0.5, 0.6) is 5.75 Å². The Bertz CT molecular complexity index is 728. The number of aromatic hydroxyl groups is 1. The molecule has 1 saturated heterocycles. The summed E-state index contributed by atoms with van der Waals surface area (Å²) >= 11 is 0. The van der Waals surface area contributed by atoms with Gasteiger partial charge in [-0.3, -0.25) is 15.0 Å². The Morgan fingerprint density at radius 2 is 1.75 bits per heavy atom. The van der Waals surface area contributed by atoms with Crippen molar-refractivity contribution in [3.05, 3.63) is 69.5 Å². The van der Waals surface area contributed by atoms with E-state index in [1.54, 1.807) is 12.1 Å². The van der Waals surface area contributed by atoms with Gasteiger partial charge in [0.05, 0.1) is 11.0 Å². The fraction of sp³-hybridized carbons (Fsp3) is 0.333. The molecule has 2 aromatic rings. The quantitative estimate of drug-likeness (QED) is 0.679. The van der Waals surface area contributed by atoms with Crippen molar-refractivity contribution in [2.75, 3.05) is 13.1 Å². The monoisotopic (exact) mass is 330 g/mol. The Morgan fingerprint density at radius 1 is 1.08 bits per heavy atom. The van der Waals surface area contributed by atoms with E-state index >= 15 is 0 Å². The smallest absolute Gasteiger partial charge is 0.270 e. The zero-order chi connectivity index (χ0) is 17.1. The van der Waals surface area contributed by atoms with Gasteiger partial charge in [-0.1, -0.05) is 18.6 Å². The van der Waals surface area contributed by atoms with Crippen LogP contribution in [0.3, 0.4) is 0 Å². The molecule has 3 rings (SSSR count). The van der Waals surface area contributed by atoms with Gasteiger partial charge in [0.25, 0.3) is 5.69 Å². The maximum Gasteiger partial charge on any atom is 0.270 e. The molecule has 1 unspecified atom stereocenters. The van der Waals surface area contributed by atoms with Crippen molar-refractivity contribution in [3.63, 3.8) is 0 Å². The minimum absolute atomic E-state index is 0.0144. The highest BCUT2D eigenvalue weighted by atomic mass is 19.1. The van der Waals surface area contributed by atoms with E-state index < -0.39 is 4.92 Å². The normalized spacial score (nSPS) is 16.7. The van der Waals surface area contributed by atoms with Gasteiger partial charge in [0, 0.05) is 17.7 Å². The minimum atomic E-state index is -0.471. The molecule has 1 heterocycles. The van der Waals surface area contributed by atoms with Gasteiger partial charge >= 0.3 is 0 Å². The van der Waals surface area contributed by atoms with Crippen molar-refractivity contribution in [2.24, 2.45) is 0 Å². The molecule has 0 bridgehead atoms. The molecule has 1 aliphatic heterocycles. The molecule has 6 heteroatoms. The summed E-state index contributed by atoms with van der Waals surface area (Å²) in [6.45, 7) is 1.67. The van der Waals surface area contributed by atoms with Gasteiger partial charge in [0.1, 0.15) is 11.6 Å². The Balaban J connectivity index is 2.08. The molecular weight excluding hydrogens is 311 g/mol. The summed E-state index contributed by atoms with van der Waals surface area (Å²) in [5.41, 5.74) is 1.23. The molecular formula is C18H19FN2O3. The van der Waals surface area contributed by atoms with Crippen molar-refractivity contribution < 1.29 is 14.4 Å². The predicted octanol–water partition coefficient (Wildman–Crippen LogP) is 4.01. The highest BCUT2D eigenvalue weighted by Gasteiger charge is 2.27. The number of rotatable bonds is 4. The second kappa shape index (κ2) is 6.97. The molecule has 1 fully saturated rings. The van der Waals surface area contributed by atoms with Gasteiger partial charge < -0.3 is 5.11 Å². The average Bonchev–Trinajstić information content (AvgIpc) is 2.59. The molecule has 0 amide bonds. The van der Waals surface area contributed by atoms with E-state index in [4.69, 9.17) is 0 Å².